The van der Waals surface area contributed by atoms with Gasteiger partial charge in [0, 0.05) is 19.2 Å². The molecule has 0 aliphatic rings. The van der Waals surface area contributed by atoms with E-state index in [0.29, 0.717) is 25.3 Å². The van der Waals surface area contributed by atoms with Gasteiger partial charge in [-0.15, -0.1) is 0 Å². The number of amides is 1. The van der Waals surface area contributed by atoms with E-state index in [0.717, 1.165) is 5.56 Å². The standard InChI is InChI=1S/C13H19NO3/c1-11-4-3-5-12(10-11)13(16)14(2)6-8-17-9-7-15/h3-5,10,15H,6-9H2,1-2H3. The van der Waals surface area contributed by atoms with E-state index in [9.17, 15) is 4.79 Å². The maximum absolute atomic E-state index is 12.0. The summed E-state index contributed by atoms with van der Waals surface area (Å²) in [6.07, 6.45) is 0. The number of hydrogen-bond donors (Lipinski definition) is 1. The number of aliphatic hydroxyl groups is 1. The van der Waals surface area contributed by atoms with Crippen LogP contribution in [0.4, 0.5) is 0 Å². The number of carbonyl (C=O) groups is 1. The molecule has 0 atom stereocenters. The molecule has 0 saturated heterocycles. The largest absolute Gasteiger partial charge is 0.394 e. The van der Waals surface area contributed by atoms with E-state index in [2.05, 4.69) is 0 Å². The van der Waals surface area contributed by atoms with Crippen molar-refractivity contribution in [2.45, 2.75) is 6.92 Å². The predicted octanol–water partition coefficient (Wildman–Crippen LogP) is 1.08. The lowest BCUT2D eigenvalue weighted by atomic mass is 10.1. The first-order valence-corrected chi connectivity index (χ1v) is 5.66. The molecule has 1 N–H and O–H groups in total. The third-order valence-electron chi connectivity index (χ3n) is 2.42. The summed E-state index contributed by atoms with van der Waals surface area (Å²) in [6.45, 7) is 3.24. The summed E-state index contributed by atoms with van der Waals surface area (Å²) in [5.41, 5.74) is 1.76. The van der Waals surface area contributed by atoms with Gasteiger partial charge in [0.15, 0.2) is 0 Å². The number of nitrogens with zero attached hydrogens (tertiary/aromatic N) is 1. The number of rotatable bonds is 6. The molecule has 1 aromatic carbocycles. The Morgan fingerprint density at radius 2 is 2.18 bits per heavy atom. The first-order valence-electron chi connectivity index (χ1n) is 5.66. The summed E-state index contributed by atoms with van der Waals surface area (Å²) < 4.78 is 5.12. The number of aryl methyl sites for hydroxylation is 1. The molecule has 0 heterocycles. The van der Waals surface area contributed by atoms with E-state index >= 15 is 0 Å². The SMILES string of the molecule is Cc1cccc(C(=O)N(C)CCOCCO)c1. The van der Waals surface area contributed by atoms with Gasteiger partial charge in [-0.1, -0.05) is 17.7 Å². The van der Waals surface area contributed by atoms with Crippen molar-refractivity contribution < 1.29 is 14.6 Å². The van der Waals surface area contributed by atoms with Crippen molar-refractivity contribution in [1.29, 1.82) is 0 Å². The van der Waals surface area contributed by atoms with Gasteiger partial charge >= 0.3 is 0 Å². The first kappa shape index (κ1) is 13.7. The van der Waals surface area contributed by atoms with Crippen molar-refractivity contribution in [3.63, 3.8) is 0 Å². The number of benzene rings is 1. The van der Waals surface area contributed by atoms with Gasteiger partial charge in [-0.25, -0.2) is 0 Å². The zero-order chi connectivity index (χ0) is 12.7. The molecule has 0 bridgehead atoms. The fourth-order valence-electron chi connectivity index (χ4n) is 1.47. The Hall–Kier alpha value is -1.39. The molecule has 0 aliphatic carbocycles. The van der Waals surface area contributed by atoms with Crippen molar-refractivity contribution in [2.75, 3.05) is 33.4 Å². The van der Waals surface area contributed by atoms with E-state index in [1.165, 1.54) is 0 Å². The summed E-state index contributed by atoms with van der Waals surface area (Å²) in [4.78, 5) is 13.6. The second-order valence-electron chi connectivity index (χ2n) is 3.93. The van der Waals surface area contributed by atoms with Crippen molar-refractivity contribution in [3.8, 4) is 0 Å². The van der Waals surface area contributed by atoms with Gasteiger partial charge in [0.05, 0.1) is 19.8 Å². The molecule has 4 heteroatoms. The van der Waals surface area contributed by atoms with Crippen LogP contribution in [0.15, 0.2) is 24.3 Å². The average Bonchev–Trinajstić information content (AvgIpc) is 2.33. The normalized spacial score (nSPS) is 10.3. The van der Waals surface area contributed by atoms with E-state index < -0.39 is 0 Å². The Morgan fingerprint density at radius 1 is 1.41 bits per heavy atom. The highest BCUT2D eigenvalue weighted by Gasteiger charge is 2.10. The first-order chi connectivity index (χ1) is 8.15. The van der Waals surface area contributed by atoms with Crippen LogP contribution < -0.4 is 0 Å². The zero-order valence-corrected chi connectivity index (χ0v) is 10.3. The van der Waals surface area contributed by atoms with E-state index in [-0.39, 0.29) is 12.5 Å². The van der Waals surface area contributed by atoms with Crippen molar-refractivity contribution in [3.05, 3.63) is 35.4 Å². The number of aliphatic hydroxyl groups excluding tert-OH is 1. The summed E-state index contributed by atoms with van der Waals surface area (Å²) in [5.74, 6) is -0.0127. The highest BCUT2D eigenvalue weighted by atomic mass is 16.5. The minimum Gasteiger partial charge on any atom is -0.394 e. The van der Waals surface area contributed by atoms with Crippen LogP contribution in [0.5, 0.6) is 0 Å². The lowest BCUT2D eigenvalue weighted by Crippen LogP contribution is -2.30. The number of hydrogen-bond acceptors (Lipinski definition) is 3. The van der Waals surface area contributed by atoms with Crippen LogP contribution in [0.25, 0.3) is 0 Å². The van der Waals surface area contributed by atoms with Gasteiger partial charge in [0.2, 0.25) is 0 Å². The molecule has 1 aromatic rings. The summed E-state index contributed by atoms with van der Waals surface area (Å²) in [7, 11) is 1.74. The second-order valence-corrected chi connectivity index (χ2v) is 3.93. The number of likely N-dealkylation sites (N-methyl/N-ethyl adjacent to an activating group) is 1. The highest BCUT2D eigenvalue weighted by molar-refractivity contribution is 5.94. The highest BCUT2D eigenvalue weighted by Crippen LogP contribution is 2.06. The van der Waals surface area contributed by atoms with Crippen LogP contribution >= 0.6 is 0 Å². The molecule has 0 aromatic heterocycles. The fraction of sp³-hybridized carbons (Fsp3) is 0.462. The Kier molecular flexibility index (Phi) is 5.66. The molecule has 1 rings (SSSR count). The summed E-state index contributed by atoms with van der Waals surface area (Å²) in [6, 6.07) is 7.51. The molecule has 0 radical (unpaired) electrons. The molecule has 94 valence electrons. The molecule has 17 heavy (non-hydrogen) atoms. The molecule has 0 unspecified atom stereocenters. The maximum Gasteiger partial charge on any atom is 0.253 e. The van der Waals surface area contributed by atoms with Crippen molar-refractivity contribution in [1.82, 2.24) is 4.90 Å². The summed E-state index contributed by atoms with van der Waals surface area (Å²) >= 11 is 0. The van der Waals surface area contributed by atoms with Gasteiger partial charge in [-0.2, -0.15) is 0 Å². The molecule has 0 spiro atoms. The zero-order valence-electron chi connectivity index (χ0n) is 10.3. The van der Waals surface area contributed by atoms with Crippen LogP contribution in [0.1, 0.15) is 15.9 Å². The lowest BCUT2D eigenvalue weighted by Gasteiger charge is -2.17. The topological polar surface area (TPSA) is 49.8 Å². The predicted molar refractivity (Wildman–Crippen MR) is 66.0 cm³/mol. The second kappa shape index (κ2) is 7.04. The quantitative estimate of drug-likeness (QED) is 0.753. The Bertz CT molecular complexity index is 365. The monoisotopic (exact) mass is 237 g/mol. The molecule has 0 fully saturated rings. The van der Waals surface area contributed by atoms with Gasteiger partial charge in [0.1, 0.15) is 0 Å². The third kappa shape index (κ3) is 4.54. The van der Waals surface area contributed by atoms with Gasteiger partial charge in [0.25, 0.3) is 5.91 Å². The maximum atomic E-state index is 12.0. The number of carbonyl (C=O) groups excluding carboxylic acids is 1. The molecule has 4 nitrogen and oxygen atoms in total. The Balaban J connectivity index is 2.46. The smallest absolute Gasteiger partial charge is 0.253 e. The van der Waals surface area contributed by atoms with E-state index in [1.807, 2.05) is 25.1 Å². The van der Waals surface area contributed by atoms with E-state index in [1.54, 1.807) is 18.0 Å². The summed E-state index contributed by atoms with van der Waals surface area (Å²) in [5, 5.41) is 8.54. The van der Waals surface area contributed by atoms with Gasteiger partial charge < -0.3 is 14.7 Å². The molecule has 0 saturated carbocycles. The molecular weight excluding hydrogens is 218 g/mol. The van der Waals surface area contributed by atoms with Crippen LogP contribution in [0, 0.1) is 6.92 Å². The van der Waals surface area contributed by atoms with Crippen LogP contribution in [-0.2, 0) is 4.74 Å². The lowest BCUT2D eigenvalue weighted by molar-refractivity contribution is 0.0618. The Morgan fingerprint density at radius 3 is 2.82 bits per heavy atom. The van der Waals surface area contributed by atoms with Crippen LogP contribution in [0.2, 0.25) is 0 Å². The fourth-order valence-corrected chi connectivity index (χ4v) is 1.47. The van der Waals surface area contributed by atoms with E-state index in [4.69, 9.17) is 9.84 Å². The van der Waals surface area contributed by atoms with Gasteiger partial charge in [-0.3, -0.25) is 4.79 Å². The molecule has 0 aliphatic heterocycles. The van der Waals surface area contributed by atoms with Crippen molar-refractivity contribution >= 4 is 5.91 Å². The average molecular weight is 237 g/mol. The third-order valence-corrected chi connectivity index (χ3v) is 2.42. The van der Waals surface area contributed by atoms with Crippen LogP contribution in [-0.4, -0.2) is 49.3 Å². The van der Waals surface area contributed by atoms with Crippen molar-refractivity contribution in [2.24, 2.45) is 0 Å². The molecular formula is C13H19NO3. The minimum atomic E-state index is -0.0127. The van der Waals surface area contributed by atoms with Crippen LogP contribution in [0.3, 0.4) is 0 Å². The number of ether oxygens (including phenoxy) is 1. The Labute approximate surface area is 102 Å². The minimum absolute atomic E-state index is 0.00946. The molecule has 1 amide bonds. The van der Waals surface area contributed by atoms with Gasteiger partial charge in [-0.05, 0) is 19.1 Å².